The van der Waals surface area contributed by atoms with Gasteiger partial charge in [-0.1, -0.05) is 18.6 Å². The minimum absolute atomic E-state index is 0.844. The van der Waals surface area contributed by atoms with E-state index in [0.29, 0.717) is 0 Å². The molecule has 1 atom stereocenters. The highest BCUT2D eigenvalue weighted by molar-refractivity contribution is 4.95. The zero-order chi connectivity index (χ0) is 9.97. The van der Waals surface area contributed by atoms with E-state index in [0.717, 1.165) is 12.6 Å². The Bertz CT molecular complexity index is 212. The summed E-state index contributed by atoms with van der Waals surface area (Å²) >= 11 is 0. The van der Waals surface area contributed by atoms with Crippen molar-refractivity contribution in [2.24, 2.45) is 0 Å². The number of piperidine rings is 1. The Labute approximate surface area is 87.6 Å². The second kappa shape index (κ2) is 4.45. The summed E-state index contributed by atoms with van der Waals surface area (Å²) in [5.74, 6) is 0. The fraction of sp³-hybridized carbons (Fsp3) is 0.833. The van der Waals surface area contributed by atoms with E-state index in [4.69, 9.17) is 0 Å². The first kappa shape index (κ1) is 10.2. The Morgan fingerprint density at radius 2 is 2.14 bits per heavy atom. The van der Waals surface area contributed by atoms with Gasteiger partial charge in [-0.05, 0) is 26.3 Å². The Morgan fingerprint density at radius 1 is 1.29 bits per heavy atom. The molecule has 2 saturated heterocycles. The third kappa shape index (κ3) is 2.37. The van der Waals surface area contributed by atoms with E-state index in [1.165, 1.54) is 51.0 Å². The van der Waals surface area contributed by atoms with E-state index in [1.807, 2.05) is 0 Å². The molecule has 2 fully saturated rings. The lowest BCUT2D eigenvalue weighted by Gasteiger charge is -2.44. The average Bonchev–Trinajstić information content (AvgIpc) is 2.17. The molecule has 0 saturated carbocycles. The van der Waals surface area contributed by atoms with Gasteiger partial charge >= 0.3 is 0 Å². The summed E-state index contributed by atoms with van der Waals surface area (Å²) in [6, 6.07) is 0.844. The van der Waals surface area contributed by atoms with Crippen LogP contribution in [0.2, 0.25) is 0 Å². The normalized spacial score (nSPS) is 29.9. The van der Waals surface area contributed by atoms with Crippen LogP contribution in [0.3, 0.4) is 0 Å². The summed E-state index contributed by atoms with van der Waals surface area (Å²) in [6.45, 7) is 12.4. The van der Waals surface area contributed by atoms with Crippen LogP contribution in [-0.2, 0) is 0 Å². The minimum atomic E-state index is 0.844. The molecule has 2 aliphatic heterocycles. The molecular weight excluding hydrogens is 172 g/mol. The molecular formula is C12H22N2. The van der Waals surface area contributed by atoms with Gasteiger partial charge in [-0.2, -0.15) is 0 Å². The first-order chi connectivity index (χ1) is 6.75. The van der Waals surface area contributed by atoms with E-state index in [9.17, 15) is 0 Å². The molecule has 2 heteroatoms. The molecule has 1 unspecified atom stereocenters. The van der Waals surface area contributed by atoms with Gasteiger partial charge in [0.05, 0.1) is 0 Å². The summed E-state index contributed by atoms with van der Waals surface area (Å²) in [4.78, 5) is 5.24. The maximum Gasteiger partial charge on any atom is 0.0223 e. The van der Waals surface area contributed by atoms with Crippen molar-refractivity contribution >= 4 is 0 Å². The lowest BCUT2D eigenvalue weighted by Crippen LogP contribution is -2.54. The van der Waals surface area contributed by atoms with E-state index in [-0.39, 0.29) is 0 Å². The third-order valence-corrected chi connectivity index (χ3v) is 3.41. The standard InChI is InChI=1S/C12H22N2/c1-11(2)9-13-7-8-14-6-4-3-5-12(14)10-13/h12H,1,3-10H2,2H3. The van der Waals surface area contributed by atoms with Crippen molar-refractivity contribution < 1.29 is 0 Å². The molecule has 0 aliphatic carbocycles. The lowest BCUT2D eigenvalue weighted by atomic mass is 9.99. The quantitative estimate of drug-likeness (QED) is 0.618. The smallest absolute Gasteiger partial charge is 0.0223 e. The van der Waals surface area contributed by atoms with Gasteiger partial charge in [0.1, 0.15) is 0 Å². The summed E-state index contributed by atoms with van der Waals surface area (Å²) in [6.07, 6.45) is 4.26. The van der Waals surface area contributed by atoms with Gasteiger partial charge in [-0.25, -0.2) is 0 Å². The summed E-state index contributed by atoms with van der Waals surface area (Å²) in [5.41, 5.74) is 1.30. The first-order valence-electron chi connectivity index (χ1n) is 5.86. The molecule has 0 aromatic rings. The molecule has 0 aromatic carbocycles. The molecule has 0 bridgehead atoms. The predicted octanol–water partition coefficient (Wildman–Crippen LogP) is 1.73. The van der Waals surface area contributed by atoms with Crippen LogP contribution in [-0.4, -0.2) is 48.6 Å². The fourth-order valence-corrected chi connectivity index (χ4v) is 2.75. The van der Waals surface area contributed by atoms with Gasteiger partial charge in [0.25, 0.3) is 0 Å². The lowest BCUT2D eigenvalue weighted by molar-refractivity contribution is 0.0541. The molecule has 0 aromatic heterocycles. The van der Waals surface area contributed by atoms with E-state index < -0.39 is 0 Å². The summed E-state index contributed by atoms with van der Waals surface area (Å²) < 4.78 is 0. The van der Waals surface area contributed by atoms with Crippen LogP contribution >= 0.6 is 0 Å². The van der Waals surface area contributed by atoms with Crippen molar-refractivity contribution in [3.8, 4) is 0 Å². The van der Waals surface area contributed by atoms with Gasteiger partial charge in [0, 0.05) is 32.2 Å². The van der Waals surface area contributed by atoms with Crippen molar-refractivity contribution in [3.05, 3.63) is 12.2 Å². The molecule has 0 radical (unpaired) electrons. The highest BCUT2D eigenvalue weighted by atomic mass is 15.3. The number of nitrogens with zero attached hydrogens (tertiary/aromatic N) is 2. The van der Waals surface area contributed by atoms with Crippen LogP contribution in [0.15, 0.2) is 12.2 Å². The summed E-state index contributed by atoms with van der Waals surface area (Å²) in [7, 11) is 0. The molecule has 0 N–H and O–H groups in total. The number of hydrogen-bond acceptors (Lipinski definition) is 2. The SMILES string of the molecule is C=C(C)CN1CCN2CCCCC2C1. The van der Waals surface area contributed by atoms with Gasteiger partial charge in [-0.15, -0.1) is 0 Å². The molecule has 2 heterocycles. The number of rotatable bonds is 2. The van der Waals surface area contributed by atoms with Crippen LogP contribution in [0.1, 0.15) is 26.2 Å². The Balaban J connectivity index is 1.86. The van der Waals surface area contributed by atoms with Gasteiger partial charge in [-0.3, -0.25) is 9.80 Å². The zero-order valence-electron chi connectivity index (χ0n) is 9.34. The van der Waals surface area contributed by atoms with Crippen molar-refractivity contribution in [1.29, 1.82) is 0 Å². The monoisotopic (exact) mass is 194 g/mol. The zero-order valence-corrected chi connectivity index (χ0v) is 9.34. The largest absolute Gasteiger partial charge is 0.298 e. The van der Waals surface area contributed by atoms with E-state index in [1.54, 1.807) is 0 Å². The minimum Gasteiger partial charge on any atom is -0.298 e. The second-order valence-electron chi connectivity index (χ2n) is 4.88. The summed E-state index contributed by atoms with van der Waals surface area (Å²) in [5, 5.41) is 0. The highest BCUT2D eigenvalue weighted by Crippen LogP contribution is 2.21. The van der Waals surface area contributed by atoms with Crippen molar-refractivity contribution in [2.75, 3.05) is 32.7 Å². The number of hydrogen-bond donors (Lipinski definition) is 0. The highest BCUT2D eigenvalue weighted by Gasteiger charge is 2.28. The maximum atomic E-state index is 4.00. The van der Waals surface area contributed by atoms with Crippen molar-refractivity contribution in [3.63, 3.8) is 0 Å². The van der Waals surface area contributed by atoms with Crippen LogP contribution in [0, 0.1) is 0 Å². The van der Waals surface area contributed by atoms with Crippen LogP contribution in [0.4, 0.5) is 0 Å². The van der Waals surface area contributed by atoms with Crippen molar-refractivity contribution in [1.82, 2.24) is 9.80 Å². The predicted molar refractivity (Wildman–Crippen MR) is 60.5 cm³/mol. The molecule has 2 aliphatic rings. The molecule has 14 heavy (non-hydrogen) atoms. The number of piperazine rings is 1. The molecule has 2 nitrogen and oxygen atoms in total. The number of fused-ring (bicyclic) bond motifs is 1. The maximum absolute atomic E-state index is 4.00. The third-order valence-electron chi connectivity index (χ3n) is 3.41. The van der Waals surface area contributed by atoms with E-state index in [2.05, 4.69) is 23.3 Å². The van der Waals surface area contributed by atoms with Crippen LogP contribution in [0.25, 0.3) is 0 Å². The van der Waals surface area contributed by atoms with Crippen LogP contribution in [0.5, 0.6) is 0 Å². The molecule has 0 amide bonds. The Kier molecular flexibility index (Phi) is 3.24. The second-order valence-corrected chi connectivity index (χ2v) is 4.88. The van der Waals surface area contributed by atoms with E-state index >= 15 is 0 Å². The first-order valence-corrected chi connectivity index (χ1v) is 5.86. The van der Waals surface area contributed by atoms with Crippen molar-refractivity contribution in [2.45, 2.75) is 32.2 Å². The fourth-order valence-electron chi connectivity index (χ4n) is 2.75. The molecule has 0 spiro atoms. The topological polar surface area (TPSA) is 6.48 Å². The van der Waals surface area contributed by atoms with Gasteiger partial charge < -0.3 is 0 Å². The Morgan fingerprint density at radius 3 is 2.93 bits per heavy atom. The van der Waals surface area contributed by atoms with Crippen LogP contribution < -0.4 is 0 Å². The Hall–Kier alpha value is -0.340. The van der Waals surface area contributed by atoms with Gasteiger partial charge in [0.2, 0.25) is 0 Å². The average molecular weight is 194 g/mol. The van der Waals surface area contributed by atoms with Gasteiger partial charge in [0.15, 0.2) is 0 Å². The molecule has 2 rings (SSSR count). The molecule has 80 valence electrons.